The lowest BCUT2D eigenvalue weighted by Gasteiger charge is -2.08. The van der Waals surface area contributed by atoms with E-state index in [1.165, 1.54) is 12.1 Å². The van der Waals surface area contributed by atoms with Gasteiger partial charge in [0.25, 0.3) is 30.4 Å². The Bertz CT molecular complexity index is 1780. The molecule has 0 unspecified atom stereocenters. The molecule has 4 rings (SSSR count). The van der Waals surface area contributed by atoms with Gasteiger partial charge in [0.15, 0.2) is 0 Å². The summed E-state index contributed by atoms with van der Waals surface area (Å²) in [4.78, 5) is -1.54. The zero-order chi connectivity index (χ0) is 27.2. The monoisotopic (exact) mass is 558 g/mol. The Morgan fingerprint density at radius 3 is 1.50 bits per heavy atom. The van der Waals surface area contributed by atoms with E-state index in [1.54, 1.807) is 12.1 Å². The van der Waals surface area contributed by atoms with Crippen LogP contribution >= 0.6 is 0 Å². The molecule has 16 heteroatoms. The topological polar surface area (TPSA) is 256 Å². The molecule has 0 saturated carbocycles. The van der Waals surface area contributed by atoms with Crippen molar-refractivity contribution >= 4 is 63.3 Å². The molecule has 0 aromatic heterocycles. The zero-order valence-electron chi connectivity index (χ0n) is 17.8. The fourth-order valence-electron chi connectivity index (χ4n) is 3.25. The number of rotatable bonds is 3. The highest BCUT2D eigenvalue weighted by Gasteiger charge is 2.18. The molecule has 36 heavy (non-hydrogen) atoms. The van der Waals surface area contributed by atoms with Crippen molar-refractivity contribution in [3.8, 4) is 11.5 Å². The summed E-state index contributed by atoms with van der Waals surface area (Å²) in [6.45, 7) is 0. The Hall–Kier alpha value is -3.67. The first-order valence-corrected chi connectivity index (χ1v) is 13.7. The van der Waals surface area contributed by atoms with Crippen LogP contribution in [0.5, 0.6) is 11.5 Å². The number of fused-ring (bicyclic) bond motifs is 2. The Labute approximate surface area is 204 Å². The van der Waals surface area contributed by atoms with Gasteiger partial charge in [-0.2, -0.15) is 25.3 Å². The van der Waals surface area contributed by atoms with Crippen LogP contribution in [0.25, 0.3) is 21.5 Å². The van der Waals surface area contributed by atoms with E-state index < -0.39 is 45.9 Å². The van der Waals surface area contributed by atoms with E-state index in [0.29, 0.717) is 16.5 Å². The lowest BCUT2D eigenvalue weighted by atomic mass is 10.1. The first kappa shape index (κ1) is 26.9. The summed E-state index contributed by atoms with van der Waals surface area (Å²) >= 11 is 0. The largest absolute Gasteiger partial charge is 0.507 e. The summed E-state index contributed by atoms with van der Waals surface area (Å²) in [5, 5.41) is 20.2. The van der Waals surface area contributed by atoms with Gasteiger partial charge < -0.3 is 21.7 Å². The predicted molar refractivity (Wildman–Crippen MR) is 129 cm³/mol. The highest BCUT2D eigenvalue weighted by molar-refractivity contribution is 7.86. The third-order valence-electron chi connectivity index (χ3n) is 4.83. The van der Waals surface area contributed by atoms with E-state index in [1.807, 2.05) is 0 Å². The second-order valence-corrected chi connectivity index (χ2v) is 11.7. The van der Waals surface area contributed by atoms with Gasteiger partial charge in [-0.25, -0.2) is 0 Å². The minimum Gasteiger partial charge on any atom is -0.507 e. The number of nitrogen functional groups attached to an aromatic ring is 2. The Kier molecular flexibility index (Phi) is 6.79. The van der Waals surface area contributed by atoms with E-state index in [-0.39, 0.29) is 27.1 Å². The number of phenolic OH excluding ortho intramolecular Hbond substituents is 2. The quantitative estimate of drug-likeness (QED) is 0.140. The van der Waals surface area contributed by atoms with Gasteiger partial charge in [-0.05, 0) is 47.2 Å². The molecule has 0 atom stereocenters. The van der Waals surface area contributed by atoms with Crippen molar-refractivity contribution in [1.29, 1.82) is 0 Å². The summed E-state index contributed by atoms with van der Waals surface area (Å²) < 4.78 is 92.8. The average molecular weight is 559 g/mol. The standard InChI is InChI=1S/C10H9NO7S2.C10H9NO4S/c11-8-3-6(19(13,14)15)1-5-2-7(20(16,17)18)4-9(12)10(5)8;11-7-2-1-6-3-8(16(13,14)15)5-10(12)9(6)4-7/h1-4,12H,11H2,(H,13,14,15)(H,16,17,18);1-5,12H,11H2,(H,13,14,15). The van der Waals surface area contributed by atoms with Gasteiger partial charge in [0.2, 0.25) is 0 Å². The van der Waals surface area contributed by atoms with Gasteiger partial charge in [0.1, 0.15) is 11.5 Å². The van der Waals surface area contributed by atoms with Crippen molar-refractivity contribution in [3.63, 3.8) is 0 Å². The number of phenols is 2. The molecule has 0 saturated heterocycles. The van der Waals surface area contributed by atoms with E-state index in [9.17, 15) is 35.5 Å². The van der Waals surface area contributed by atoms with Crippen LogP contribution in [0.1, 0.15) is 0 Å². The van der Waals surface area contributed by atoms with Crippen LogP contribution in [-0.4, -0.2) is 49.1 Å². The van der Waals surface area contributed by atoms with Crippen LogP contribution in [0.15, 0.2) is 69.3 Å². The molecular formula is C20H18N2O11S3. The molecule has 192 valence electrons. The zero-order valence-corrected chi connectivity index (χ0v) is 20.2. The summed E-state index contributed by atoms with van der Waals surface area (Å²) in [6.07, 6.45) is 0. The maximum absolute atomic E-state index is 11.1. The van der Waals surface area contributed by atoms with Gasteiger partial charge in [-0.1, -0.05) is 6.07 Å². The minimum atomic E-state index is -4.59. The normalized spacial score (nSPS) is 12.3. The molecule has 13 nitrogen and oxygen atoms in total. The lowest BCUT2D eigenvalue weighted by molar-refractivity contribution is 0.470. The van der Waals surface area contributed by atoms with Crippen LogP contribution in [-0.2, 0) is 30.4 Å². The van der Waals surface area contributed by atoms with E-state index in [0.717, 1.165) is 30.3 Å². The molecule has 0 aliphatic carbocycles. The first-order valence-electron chi connectivity index (χ1n) is 9.39. The number of benzene rings is 4. The molecule has 0 spiro atoms. The smallest absolute Gasteiger partial charge is 0.294 e. The molecule has 0 aliphatic rings. The van der Waals surface area contributed by atoms with Gasteiger partial charge in [-0.15, -0.1) is 0 Å². The SMILES string of the molecule is Nc1cc(S(=O)(=O)O)cc2cc(S(=O)(=O)O)cc(O)c12.Nc1ccc2cc(S(=O)(=O)O)cc(O)c2c1. The second-order valence-electron chi connectivity index (χ2n) is 7.40. The highest BCUT2D eigenvalue weighted by Crippen LogP contribution is 2.35. The minimum absolute atomic E-state index is 0.00444. The number of hydrogen-bond donors (Lipinski definition) is 7. The van der Waals surface area contributed by atoms with E-state index >= 15 is 0 Å². The number of aromatic hydroxyl groups is 2. The maximum Gasteiger partial charge on any atom is 0.294 e. The molecule has 0 radical (unpaired) electrons. The van der Waals surface area contributed by atoms with Crippen LogP contribution in [0, 0.1) is 0 Å². The van der Waals surface area contributed by atoms with Crippen molar-refractivity contribution in [2.75, 3.05) is 11.5 Å². The third-order valence-corrected chi connectivity index (χ3v) is 7.32. The Balaban J connectivity index is 0.000000205. The first-order chi connectivity index (χ1) is 16.4. The molecular weight excluding hydrogens is 540 g/mol. The Morgan fingerprint density at radius 1 is 0.556 bits per heavy atom. The number of hydrogen-bond acceptors (Lipinski definition) is 10. The fourth-order valence-corrected chi connectivity index (χ4v) is 4.87. The molecule has 0 amide bonds. The summed E-state index contributed by atoms with van der Waals surface area (Å²) in [7, 11) is -13.5. The molecule has 0 bridgehead atoms. The predicted octanol–water partition coefficient (Wildman–Crippen LogP) is 2.00. The van der Waals surface area contributed by atoms with Crippen LogP contribution in [0.4, 0.5) is 11.4 Å². The molecule has 0 heterocycles. The van der Waals surface area contributed by atoms with E-state index in [2.05, 4.69) is 0 Å². The van der Waals surface area contributed by atoms with Crippen LogP contribution < -0.4 is 11.5 Å². The van der Waals surface area contributed by atoms with Gasteiger partial charge in [-0.3, -0.25) is 13.7 Å². The molecule has 4 aromatic rings. The molecule has 0 aliphatic heterocycles. The van der Waals surface area contributed by atoms with Crippen molar-refractivity contribution in [3.05, 3.63) is 54.6 Å². The van der Waals surface area contributed by atoms with Gasteiger partial charge in [0.05, 0.1) is 14.7 Å². The highest BCUT2D eigenvalue weighted by atomic mass is 32.2. The van der Waals surface area contributed by atoms with Crippen molar-refractivity contribution < 1.29 is 49.1 Å². The molecule has 9 N–H and O–H groups in total. The maximum atomic E-state index is 11.1. The van der Waals surface area contributed by atoms with E-state index in [4.69, 9.17) is 25.1 Å². The van der Waals surface area contributed by atoms with Crippen molar-refractivity contribution in [2.24, 2.45) is 0 Å². The van der Waals surface area contributed by atoms with Gasteiger partial charge >= 0.3 is 0 Å². The van der Waals surface area contributed by atoms with Crippen LogP contribution in [0.3, 0.4) is 0 Å². The third kappa shape index (κ3) is 5.76. The summed E-state index contributed by atoms with van der Waals surface area (Å²) in [5.41, 5.74) is 11.4. The molecule has 0 fully saturated rings. The lowest BCUT2D eigenvalue weighted by Crippen LogP contribution is -2.02. The number of nitrogens with two attached hydrogens (primary N) is 2. The Morgan fingerprint density at radius 2 is 1.00 bits per heavy atom. The molecule has 4 aromatic carbocycles. The number of anilines is 2. The van der Waals surface area contributed by atoms with Crippen molar-refractivity contribution in [2.45, 2.75) is 14.7 Å². The van der Waals surface area contributed by atoms with Crippen LogP contribution in [0.2, 0.25) is 0 Å². The van der Waals surface area contributed by atoms with Gasteiger partial charge in [0, 0.05) is 34.3 Å². The van der Waals surface area contributed by atoms with Crippen molar-refractivity contribution in [1.82, 2.24) is 0 Å². The second kappa shape index (κ2) is 9.08. The summed E-state index contributed by atoms with van der Waals surface area (Å²) in [6, 6.07) is 10.5. The fraction of sp³-hybridized carbons (Fsp3) is 0. The summed E-state index contributed by atoms with van der Waals surface area (Å²) in [5.74, 6) is -0.785. The average Bonchev–Trinajstić information content (AvgIpc) is 2.72.